The van der Waals surface area contributed by atoms with Crippen LogP contribution in [0.2, 0.25) is 0 Å². The SMILES string of the molecule is C=C(CC)C(C)(C)c1ccc(-c2ccc(/C(C)=C(\C)CCC)cc2)cc1. The molecule has 138 valence electrons. The summed E-state index contributed by atoms with van der Waals surface area (Å²) in [4.78, 5) is 0. The highest BCUT2D eigenvalue weighted by atomic mass is 14.3. The van der Waals surface area contributed by atoms with E-state index in [4.69, 9.17) is 0 Å². The van der Waals surface area contributed by atoms with Crippen LogP contribution in [0.5, 0.6) is 0 Å². The van der Waals surface area contributed by atoms with Gasteiger partial charge in [0.25, 0.3) is 0 Å². The fraction of sp³-hybridized carbons (Fsp3) is 0.385. The zero-order chi connectivity index (χ0) is 19.3. The maximum atomic E-state index is 4.25. The molecular weight excluding hydrogens is 312 g/mol. The predicted octanol–water partition coefficient (Wildman–Crippen LogP) is 8.19. The largest absolute Gasteiger partial charge is 0.0990 e. The Balaban J connectivity index is 2.25. The molecule has 0 saturated carbocycles. The fourth-order valence-corrected chi connectivity index (χ4v) is 3.45. The van der Waals surface area contributed by atoms with Gasteiger partial charge in [0.15, 0.2) is 0 Å². The van der Waals surface area contributed by atoms with Crippen molar-refractivity contribution >= 4 is 5.57 Å². The Morgan fingerprint density at radius 2 is 1.35 bits per heavy atom. The number of rotatable bonds is 7. The highest BCUT2D eigenvalue weighted by Crippen LogP contribution is 2.33. The summed E-state index contributed by atoms with van der Waals surface area (Å²) in [6.45, 7) is 17.7. The standard InChI is InChI=1S/C26H34/c1-8-10-19(3)21(5)22-11-13-23(14-12-22)24-15-17-25(18-16-24)26(6,7)20(4)9-2/h11-18H,4,8-10H2,1-3,5-7H3/b21-19+. The molecule has 2 rings (SSSR count). The van der Waals surface area contributed by atoms with E-state index in [9.17, 15) is 0 Å². The second kappa shape index (κ2) is 8.54. The lowest BCUT2D eigenvalue weighted by atomic mass is 9.77. The fourth-order valence-electron chi connectivity index (χ4n) is 3.45. The molecule has 0 heterocycles. The van der Waals surface area contributed by atoms with Crippen molar-refractivity contribution in [2.75, 3.05) is 0 Å². The molecule has 0 aliphatic heterocycles. The van der Waals surface area contributed by atoms with Crippen LogP contribution in [0.3, 0.4) is 0 Å². The predicted molar refractivity (Wildman–Crippen MR) is 118 cm³/mol. The van der Waals surface area contributed by atoms with Crippen LogP contribution in [0.25, 0.3) is 16.7 Å². The van der Waals surface area contributed by atoms with Crippen molar-refractivity contribution in [3.8, 4) is 11.1 Å². The number of hydrogen-bond donors (Lipinski definition) is 0. The van der Waals surface area contributed by atoms with Gasteiger partial charge in [-0.05, 0) is 54.5 Å². The van der Waals surface area contributed by atoms with Gasteiger partial charge in [-0.15, -0.1) is 0 Å². The average Bonchev–Trinajstić information content (AvgIpc) is 2.67. The minimum Gasteiger partial charge on any atom is -0.0990 e. The summed E-state index contributed by atoms with van der Waals surface area (Å²) < 4.78 is 0. The number of hydrogen-bond acceptors (Lipinski definition) is 0. The Morgan fingerprint density at radius 3 is 1.81 bits per heavy atom. The van der Waals surface area contributed by atoms with E-state index >= 15 is 0 Å². The normalized spacial score (nSPS) is 12.7. The third kappa shape index (κ3) is 4.36. The second-order valence-corrected chi connectivity index (χ2v) is 7.89. The average molecular weight is 347 g/mol. The van der Waals surface area contributed by atoms with E-state index in [0.717, 1.165) is 6.42 Å². The first-order chi connectivity index (χ1) is 12.3. The van der Waals surface area contributed by atoms with Crippen LogP contribution < -0.4 is 0 Å². The summed E-state index contributed by atoms with van der Waals surface area (Å²) in [5, 5.41) is 0. The zero-order valence-corrected chi connectivity index (χ0v) is 17.4. The third-order valence-electron chi connectivity index (χ3n) is 5.83. The smallest absolute Gasteiger partial charge is 0.0102 e. The monoisotopic (exact) mass is 346 g/mol. The molecule has 0 nitrogen and oxygen atoms in total. The van der Waals surface area contributed by atoms with Crippen LogP contribution in [0, 0.1) is 0 Å². The van der Waals surface area contributed by atoms with Crippen LogP contribution in [0.1, 0.15) is 71.9 Å². The molecule has 0 aromatic heterocycles. The number of allylic oxidation sites excluding steroid dienone is 3. The molecule has 0 spiro atoms. The molecule has 0 N–H and O–H groups in total. The van der Waals surface area contributed by atoms with Crippen molar-refractivity contribution in [3.63, 3.8) is 0 Å². The van der Waals surface area contributed by atoms with Gasteiger partial charge < -0.3 is 0 Å². The van der Waals surface area contributed by atoms with Crippen molar-refractivity contribution in [3.05, 3.63) is 77.4 Å². The quantitative estimate of drug-likeness (QED) is 0.443. The molecule has 0 aliphatic carbocycles. The molecule has 0 amide bonds. The van der Waals surface area contributed by atoms with Gasteiger partial charge in [0, 0.05) is 5.41 Å². The van der Waals surface area contributed by atoms with E-state index in [1.807, 2.05) is 0 Å². The molecule has 0 atom stereocenters. The highest BCUT2D eigenvalue weighted by Gasteiger charge is 2.22. The highest BCUT2D eigenvalue weighted by molar-refractivity contribution is 5.71. The van der Waals surface area contributed by atoms with Gasteiger partial charge in [0.2, 0.25) is 0 Å². The summed E-state index contributed by atoms with van der Waals surface area (Å²) >= 11 is 0. The van der Waals surface area contributed by atoms with E-state index < -0.39 is 0 Å². The summed E-state index contributed by atoms with van der Waals surface area (Å²) in [6, 6.07) is 18.0. The van der Waals surface area contributed by atoms with Crippen LogP contribution in [0.4, 0.5) is 0 Å². The molecule has 0 saturated heterocycles. The molecular formula is C26H34. The van der Waals surface area contributed by atoms with Crippen LogP contribution in [-0.4, -0.2) is 0 Å². The molecule has 0 bridgehead atoms. The molecule has 0 radical (unpaired) electrons. The molecule has 2 aromatic rings. The third-order valence-corrected chi connectivity index (χ3v) is 5.83. The lowest BCUT2D eigenvalue weighted by Crippen LogP contribution is -2.19. The van der Waals surface area contributed by atoms with Crippen molar-refractivity contribution in [2.45, 2.75) is 66.2 Å². The van der Waals surface area contributed by atoms with Crippen molar-refractivity contribution in [1.82, 2.24) is 0 Å². The maximum absolute atomic E-state index is 4.25. The van der Waals surface area contributed by atoms with Gasteiger partial charge in [-0.1, -0.05) is 100 Å². The van der Waals surface area contributed by atoms with Gasteiger partial charge in [0.1, 0.15) is 0 Å². The minimum atomic E-state index is 0.0237. The Kier molecular flexibility index (Phi) is 6.64. The Labute approximate surface area is 160 Å². The van der Waals surface area contributed by atoms with E-state index in [1.165, 1.54) is 51.8 Å². The topological polar surface area (TPSA) is 0 Å². The summed E-state index contributed by atoms with van der Waals surface area (Å²) in [5.74, 6) is 0. The van der Waals surface area contributed by atoms with Crippen LogP contribution in [0.15, 0.2) is 66.3 Å². The van der Waals surface area contributed by atoms with Crippen molar-refractivity contribution in [1.29, 1.82) is 0 Å². The second-order valence-electron chi connectivity index (χ2n) is 7.89. The van der Waals surface area contributed by atoms with Gasteiger partial charge in [0.05, 0.1) is 0 Å². The minimum absolute atomic E-state index is 0.0237. The summed E-state index contributed by atoms with van der Waals surface area (Å²) in [5.41, 5.74) is 9.40. The van der Waals surface area contributed by atoms with Gasteiger partial charge in [-0.3, -0.25) is 0 Å². The van der Waals surface area contributed by atoms with Gasteiger partial charge in [-0.2, -0.15) is 0 Å². The van der Waals surface area contributed by atoms with Crippen LogP contribution in [-0.2, 0) is 5.41 Å². The molecule has 2 aromatic carbocycles. The first kappa shape index (κ1) is 20.2. The van der Waals surface area contributed by atoms with Crippen molar-refractivity contribution < 1.29 is 0 Å². The summed E-state index contributed by atoms with van der Waals surface area (Å²) in [7, 11) is 0. The number of benzene rings is 2. The van der Waals surface area contributed by atoms with Crippen molar-refractivity contribution in [2.24, 2.45) is 0 Å². The van der Waals surface area contributed by atoms with E-state index in [0.29, 0.717) is 0 Å². The van der Waals surface area contributed by atoms with Gasteiger partial charge in [-0.25, -0.2) is 0 Å². The molecule has 0 heteroatoms. The summed E-state index contributed by atoms with van der Waals surface area (Å²) in [6.07, 6.45) is 3.39. The lowest BCUT2D eigenvalue weighted by Gasteiger charge is -2.27. The molecule has 26 heavy (non-hydrogen) atoms. The van der Waals surface area contributed by atoms with Gasteiger partial charge >= 0.3 is 0 Å². The van der Waals surface area contributed by atoms with Crippen LogP contribution >= 0.6 is 0 Å². The van der Waals surface area contributed by atoms with E-state index in [-0.39, 0.29) is 5.41 Å². The first-order valence-corrected chi connectivity index (χ1v) is 9.87. The Morgan fingerprint density at radius 1 is 0.846 bits per heavy atom. The Hall–Kier alpha value is -2.08. The maximum Gasteiger partial charge on any atom is 0.0102 e. The zero-order valence-electron chi connectivity index (χ0n) is 17.4. The molecule has 0 fully saturated rings. The molecule has 0 unspecified atom stereocenters. The first-order valence-electron chi connectivity index (χ1n) is 9.87. The van der Waals surface area contributed by atoms with E-state index in [2.05, 4.69) is 96.7 Å². The molecule has 0 aliphatic rings. The Bertz CT molecular complexity index is 768. The van der Waals surface area contributed by atoms with E-state index in [1.54, 1.807) is 0 Å². The lowest BCUT2D eigenvalue weighted by molar-refractivity contribution is 0.604.